The van der Waals surface area contributed by atoms with E-state index in [2.05, 4.69) is 15.2 Å². The van der Waals surface area contributed by atoms with Crippen LogP contribution in [0.3, 0.4) is 0 Å². The number of carbonyl (C=O) groups is 1. The predicted molar refractivity (Wildman–Crippen MR) is 82.9 cm³/mol. The van der Waals surface area contributed by atoms with Crippen LogP contribution in [0.25, 0.3) is 10.7 Å². The molecule has 0 aromatic carbocycles. The third-order valence-corrected chi connectivity index (χ3v) is 5.04. The lowest BCUT2D eigenvalue weighted by Gasteiger charge is -2.06. The van der Waals surface area contributed by atoms with Crippen LogP contribution < -0.4 is 0 Å². The molecule has 1 N–H and O–H groups in total. The molecule has 0 spiro atoms. The Kier molecular flexibility index (Phi) is 4.32. The molecule has 0 aliphatic rings. The van der Waals surface area contributed by atoms with Crippen molar-refractivity contribution < 1.29 is 9.90 Å². The number of thiophene rings is 1. The second kappa shape index (κ2) is 6.37. The highest BCUT2D eigenvalue weighted by atomic mass is 32.2. The quantitative estimate of drug-likeness (QED) is 0.696. The van der Waals surface area contributed by atoms with Crippen LogP contribution in [0, 0.1) is 0 Å². The minimum atomic E-state index is -0.874. The van der Waals surface area contributed by atoms with Gasteiger partial charge in [-0.3, -0.25) is 9.36 Å². The number of nitrogens with zero attached hydrogens (tertiary/aromatic N) is 4. The number of hydrogen-bond acceptors (Lipinski definition) is 7. The van der Waals surface area contributed by atoms with E-state index in [-0.39, 0.29) is 5.75 Å². The molecule has 0 aliphatic carbocycles. The monoisotopic (exact) mass is 338 g/mol. The van der Waals surface area contributed by atoms with Crippen molar-refractivity contribution in [1.82, 2.24) is 19.7 Å². The maximum Gasteiger partial charge on any atom is 0.313 e. The molecule has 9 heteroatoms. The van der Waals surface area contributed by atoms with Gasteiger partial charge in [0.25, 0.3) is 0 Å². The highest BCUT2D eigenvalue weighted by Crippen LogP contribution is 2.28. The third-order valence-electron chi connectivity index (χ3n) is 2.59. The van der Waals surface area contributed by atoms with Gasteiger partial charge >= 0.3 is 5.97 Å². The first-order valence-corrected chi connectivity index (χ1v) is 8.73. The zero-order valence-electron chi connectivity index (χ0n) is 10.7. The molecular formula is C12H10N4O2S3. The first kappa shape index (κ1) is 14.2. The Bertz CT molecular complexity index is 722. The van der Waals surface area contributed by atoms with Crippen molar-refractivity contribution in [2.45, 2.75) is 11.7 Å². The van der Waals surface area contributed by atoms with E-state index in [9.17, 15) is 4.79 Å². The maximum absolute atomic E-state index is 10.7. The molecular weight excluding hydrogens is 328 g/mol. The van der Waals surface area contributed by atoms with E-state index in [0.29, 0.717) is 11.7 Å². The normalized spacial score (nSPS) is 10.9. The van der Waals surface area contributed by atoms with Gasteiger partial charge in [-0.05, 0) is 11.4 Å². The number of thioether (sulfide) groups is 1. The van der Waals surface area contributed by atoms with Gasteiger partial charge in [0, 0.05) is 5.38 Å². The molecule has 0 aliphatic heterocycles. The molecule has 0 saturated heterocycles. The Morgan fingerprint density at radius 3 is 3.00 bits per heavy atom. The van der Waals surface area contributed by atoms with E-state index in [1.807, 2.05) is 27.5 Å². The van der Waals surface area contributed by atoms with Gasteiger partial charge in [0.2, 0.25) is 0 Å². The molecule has 3 aromatic rings. The van der Waals surface area contributed by atoms with Crippen LogP contribution in [-0.4, -0.2) is 36.6 Å². The molecule has 21 heavy (non-hydrogen) atoms. The van der Waals surface area contributed by atoms with Crippen molar-refractivity contribution in [3.63, 3.8) is 0 Å². The Morgan fingerprint density at radius 2 is 2.33 bits per heavy atom. The minimum Gasteiger partial charge on any atom is -0.481 e. The highest BCUT2D eigenvalue weighted by molar-refractivity contribution is 7.99. The van der Waals surface area contributed by atoms with E-state index in [0.717, 1.165) is 16.4 Å². The van der Waals surface area contributed by atoms with E-state index in [1.165, 1.54) is 23.1 Å². The van der Waals surface area contributed by atoms with Crippen molar-refractivity contribution in [1.29, 1.82) is 0 Å². The lowest BCUT2D eigenvalue weighted by atomic mass is 10.4. The Labute approximate surface area is 132 Å². The fourth-order valence-corrected chi connectivity index (χ4v) is 3.65. The Hall–Kier alpha value is -1.71. The summed E-state index contributed by atoms with van der Waals surface area (Å²) in [5, 5.41) is 21.7. The number of thiazole rings is 1. The van der Waals surface area contributed by atoms with Crippen LogP contribution >= 0.6 is 34.4 Å². The smallest absolute Gasteiger partial charge is 0.313 e. The molecule has 3 aromatic heterocycles. The van der Waals surface area contributed by atoms with E-state index >= 15 is 0 Å². The number of rotatable bonds is 6. The zero-order valence-corrected chi connectivity index (χ0v) is 13.1. The van der Waals surface area contributed by atoms with E-state index < -0.39 is 5.97 Å². The summed E-state index contributed by atoms with van der Waals surface area (Å²) in [7, 11) is 0. The van der Waals surface area contributed by atoms with Gasteiger partial charge in [-0.15, -0.1) is 32.9 Å². The molecule has 0 saturated carbocycles. The van der Waals surface area contributed by atoms with Gasteiger partial charge in [0.05, 0.1) is 28.4 Å². The summed E-state index contributed by atoms with van der Waals surface area (Å²) in [6.45, 7) is 0.533. The SMILES string of the molecule is O=C(O)CSc1nnc(-c2cccs2)n1Cc1cscn1. The summed E-state index contributed by atoms with van der Waals surface area (Å²) in [5.74, 6) is -0.175. The third kappa shape index (κ3) is 3.31. The van der Waals surface area contributed by atoms with Crippen LogP contribution in [0.5, 0.6) is 0 Å². The number of carboxylic acid groups (broad SMARTS) is 1. The van der Waals surface area contributed by atoms with Gasteiger partial charge < -0.3 is 5.11 Å². The summed E-state index contributed by atoms with van der Waals surface area (Å²) in [6, 6.07) is 3.92. The number of aromatic nitrogens is 4. The van der Waals surface area contributed by atoms with E-state index in [4.69, 9.17) is 5.11 Å². The maximum atomic E-state index is 10.7. The van der Waals surface area contributed by atoms with Crippen molar-refractivity contribution in [3.8, 4) is 10.7 Å². The fraction of sp³-hybridized carbons (Fsp3) is 0.167. The van der Waals surface area contributed by atoms with Crippen LogP contribution in [0.4, 0.5) is 0 Å². The minimum absolute atomic E-state index is 0.0420. The average Bonchev–Trinajstić information content (AvgIpc) is 3.18. The zero-order chi connectivity index (χ0) is 14.7. The molecule has 3 rings (SSSR count). The summed E-state index contributed by atoms with van der Waals surface area (Å²) >= 11 is 4.26. The van der Waals surface area contributed by atoms with Gasteiger partial charge in [0.1, 0.15) is 0 Å². The van der Waals surface area contributed by atoms with Crippen molar-refractivity contribution in [2.75, 3.05) is 5.75 Å². The largest absolute Gasteiger partial charge is 0.481 e. The topological polar surface area (TPSA) is 80.9 Å². The van der Waals surface area contributed by atoms with Crippen molar-refractivity contribution in [3.05, 3.63) is 34.1 Å². The highest BCUT2D eigenvalue weighted by Gasteiger charge is 2.17. The molecule has 0 radical (unpaired) electrons. The second-order valence-electron chi connectivity index (χ2n) is 4.03. The van der Waals surface area contributed by atoms with Crippen LogP contribution in [0.15, 0.2) is 33.6 Å². The molecule has 0 fully saturated rings. The predicted octanol–water partition coefficient (Wildman–Crippen LogP) is 2.69. The van der Waals surface area contributed by atoms with Gasteiger partial charge in [-0.2, -0.15) is 0 Å². The lowest BCUT2D eigenvalue weighted by Crippen LogP contribution is -2.06. The van der Waals surface area contributed by atoms with Gasteiger partial charge in [-0.1, -0.05) is 17.8 Å². The van der Waals surface area contributed by atoms with Gasteiger partial charge in [0.15, 0.2) is 11.0 Å². The Balaban J connectivity index is 1.94. The molecule has 0 bridgehead atoms. The summed E-state index contributed by atoms with van der Waals surface area (Å²) < 4.78 is 1.91. The first-order chi connectivity index (χ1) is 10.2. The average molecular weight is 338 g/mol. The molecule has 0 amide bonds. The summed E-state index contributed by atoms with van der Waals surface area (Å²) in [4.78, 5) is 16.0. The lowest BCUT2D eigenvalue weighted by molar-refractivity contribution is -0.133. The summed E-state index contributed by atoms with van der Waals surface area (Å²) in [5.41, 5.74) is 2.68. The van der Waals surface area contributed by atoms with Crippen LogP contribution in [-0.2, 0) is 11.3 Å². The molecule has 108 valence electrons. The number of aliphatic carboxylic acids is 1. The van der Waals surface area contributed by atoms with Crippen molar-refractivity contribution in [2.24, 2.45) is 0 Å². The molecule has 0 atom stereocenters. The van der Waals surface area contributed by atoms with Crippen LogP contribution in [0.2, 0.25) is 0 Å². The second-order valence-corrected chi connectivity index (χ2v) is 6.64. The Morgan fingerprint density at radius 1 is 1.43 bits per heavy atom. The number of carboxylic acids is 1. The molecule has 6 nitrogen and oxygen atoms in total. The summed E-state index contributed by atoms with van der Waals surface area (Å²) in [6.07, 6.45) is 0. The van der Waals surface area contributed by atoms with Crippen LogP contribution in [0.1, 0.15) is 5.69 Å². The fourth-order valence-electron chi connectivity index (χ4n) is 1.73. The number of hydrogen-bond donors (Lipinski definition) is 1. The standard InChI is InChI=1S/C12H10N4O2S3/c17-10(18)6-21-12-15-14-11(9-2-1-3-20-9)16(12)4-8-5-19-7-13-8/h1-3,5,7H,4,6H2,(H,17,18). The molecule has 0 unspecified atom stereocenters. The van der Waals surface area contributed by atoms with Crippen molar-refractivity contribution >= 4 is 40.4 Å². The van der Waals surface area contributed by atoms with Gasteiger partial charge in [-0.25, -0.2) is 4.98 Å². The van der Waals surface area contributed by atoms with E-state index in [1.54, 1.807) is 16.8 Å². The first-order valence-electron chi connectivity index (χ1n) is 5.93. The molecule has 3 heterocycles.